The lowest BCUT2D eigenvalue weighted by Gasteiger charge is -2.32. The lowest BCUT2D eigenvalue weighted by molar-refractivity contribution is -0.122. The molecule has 22 heavy (non-hydrogen) atoms. The minimum atomic E-state index is -0.440. The average Bonchev–Trinajstić information content (AvgIpc) is 2.95. The zero-order valence-electron chi connectivity index (χ0n) is 12.5. The lowest BCUT2D eigenvalue weighted by atomic mass is 10.0. The van der Waals surface area contributed by atoms with Crippen LogP contribution in [0.4, 0.5) is 5.82 Å². The number of nitrogens with one attached hydrogen (secondary N) is 2. The Balaban J connectivity index is 1.49. The zero-order valence-corrected chi connectivity index (χ0v) is 12.5. The monoisotopic (exact) mass is 301 g/mol. The second-order valence-electron chi connectivity index (χ2n) is 5.68. The summed E-state index contributed by atoms with van der Waals surface area (Å²) in [4.78, 5) is 29.0. The number of piperidine rings is 1. The van der Waals surface area contributed by atoms with Crippen LogP contribution in [0.15, 0.2) is 23.2 Å². The molecule has 0 aliphatic carbocycles. The van der Waals surface area contributed by atoms with E-state index in [0.29, 0.717) is 0 Å². The highest BCUT2D eigenvalue weighted by atomic mass is 16.2. The number of amides is 2. The van der Waals surface area contributed by atoms with Gasteiger partial charge in [0.1, 0.15) is 0 Å². The largest absolute Gasteiger partial charge is 0.355 e. The van der Waals surface area contributed by atoms with E-state index in [2.05, 4.69) is 25.4 Å². The van der Waals surface area contributed by atoms with Crippen LogP contribution in [-0.2, 0) is 9.59 Å². The first kappa shape index (κ1) is 14.5. The van der Waals surface area contributed by atoms with Crippen molar-refractivity contribution in [2.75, 3.05) is 18.0 Å². The van der Waals surface area contributed by atoms with E-state index in [1.54, 1.807) is 6.08 Å². The molecule has 0 spiro atoms. The van der Waals surface area contributed by atoms with Gasteiger partial charge < -0.3 is 10.2 Å². The highest BCUT2D eigenvalue weighted by Gasteiger charge is 2.24. The molecule has 1 aromatic heterocycles. The Morgan fingerprint density at radius 1 is 1.41 bits per heavy atom. The highest BCUT2D eigenvalue weighted by molar-refractivity contribution is 6.05. The molecule has 1 fully saturated rings. The van der Waals surface area contributed by atoms with Crippen molar-refractivity contribution in [3.05, 3.63) is 23.9 Å². The molecule has 2 amide bonds. The number of dihydropyridines is 1. The maximum Gasteiger partial charge on any atom is 0.269 e. The number of aliphatic imine (C=N–C) groups is 1. The molecule has 0 radical (unpaired) electrons. The molecule has 2 aliphatic rings. The van der Waals surface area contributed by atoms with E-state index >= 15 is 0 Å². The maximum atomic E-state index is 12.1. The van der Waals surface area contributed by atoms with Gasteiger partial charge in [-0.05, 0) is 19.8 Å². The quantitative estimate of drug-likeness (QED) is 0.855. The molecule has 7 nitrogen and oxygen atoms in total. The molecule has 0 saturated carbocycles. The van der Waals surface area contributed by atoms with Crippen LogP contribution in [0.1, 0.15) is 18.5 Å². The Bertz CT molecular complexity index is 610. The smallest absolute Gasteiger partial charge is 0.269 e. The van der Waals surface area contributed by atoms with Crippen LogP contribution < -0.4 is 10.2 Å². The van der Waals surface area contributed by atoms with Crippen LogP contribution in [0.5, 0.6) is 0 Å². The summed E-state index contributed by atoms with van der Waals surface area (Å²) in [6.07, 6.45) is 6.09. The van der Waals surface area contributed by atoms with Crippen LogP contribution in [-0.4, -0.2) is 47.4 Å². The van der Waals surface area contributed by atoms with E-state index in [1.807, 2.05) is 13.0 Å². The fraction of sp³-hybridized carbons (Fsp3) is 0.467. The molecular formula is C15H19N5O2. The molecule has 1 saturated heterocycles. The van der Waals surface area contributed by atoms with E-state index < -0.39 is 5.92 Å². The number of aromatic amines is 1. The Morgan fingerprint density at radius 2 is 2.18 bits per heavy atom. The van der Waals surface area contributed by atoms with Gasteiger partial charge in [-0.15, -0.1) is 0 Å². The van der Waals surface area contributed by atoms with Gasteiger partial charge in [0, 0.05) is 43.2 Å². The molecule has 0 bridgehead atoms. The molecule has 1 aromatic rings. The number of carbonyl (C=O) groups is 2. The van der Waals surface area contributed by atoms with E-state index in [4.69, 9.17) is 0 Å². The molecule has 7 heteroatoms. The summed E-state index contributed by atoms with van der Waals surface area (Å²) in [5.74, 6) is 0.112. The van der Waals surface area contributed by atoms with Crippen LogP contribution in [0.25, 0.3) is 0 Å². The predicted octanol–water partition coefficient (Wildman–Crippen LogP) is 0.587. The molecule has 116 valence electrons. The maximum absolute atomic E-state index is 12.1. The third-order valence-electron chi connectivity index (χ3n) is 3.97. The van der Waals surface area contributed by atoms with Crippen LogP contribution in [0.2, 0.25) is 0 Å². The number of H-pyrrole nitrogens is 1. The van der Waals surface area contributed by atoms with E-state index in [9.17, 15) is 9.59 Å². The highest BCUT2D eigenvalue weighted by Crippen LogP contribution is 2.18. The molecule has 2 N–H and O–H groups in total. The van der Waals surface area contributed by atoms with Gasteiger partial charge in [-0.25, -0.2) is 4.99 Å². The Hall–Kier alpha value is -2.44. The molecule has 3 rings (SSSR count). The number of anilines is 1. The average molecular weight is 301 g/mol. The second kappa shape index (κ2) is 6.13. The van der Waals surface area contributed by atoms with Crippen molar-refractivity contribution in [1.82, 2.24) is 15.5 Å². The van der Waals surface area contributed by atoms with Crippen molar-refractivity contribution in [3.8, 4) is 0 Å². The fourth-order valence-electron chi connectivity index (χ4n) is 2.70. The van der Waals surface area contributed by atoms with Gasteiger partial charge in [-0.1, -0.05) is 6.08 Å². The van der Waals surface area contributed by atoms with Crippen molar-refractivity contribution in [2.24, 2.45) is 10.9 Å². The number of carbonyl (C=O) groups excluding carboxylic acids is 2. The molecule has 2 aliphatic heterocycles. The first-order valence-electron chi connectivity index (χ1n) is 7.45. The summed E-state index contributed by atoms with van der Waals surface area (Å²) in [7, 11) is 0. The minimum absolute atomic E-state index is 0.0958. The van der Waals surface area contributed by atoms with Gasteiger partial charge in [-0.3, -0.25) is 14.7 Å². The van der Waals surface area contributed by atoms with E-state index in [0.717, 1.165) is 37.4 Å². The lowest BCUT2D eigenvalue weighted by Crippen LogP contribution is -2.46. The first-order valence-corrected chi connectivity index (χ1v) is 7.45. The topological polar surface area (TPSA) is 90.4 Å². The van der Waals surface area contributed by atoms with Gasteiger partial charge in [0.05, 0.1) is 5.92 Å². The van der Waals surface area contributed by atoms with Gasteiger partial charge in [0.15, 0.2) is 5.82 Å². The van der Waals surface area contributed by atoms with Gasteiger partial charge in [0.25, 0.3) is 5.91 Å². The minimum Gasteiger partial charge on any atom is -0.355 e. The second-order valence-corrected chi connectivity index (χ2v) is 5.68. The molecule has 0 aromatic carbocycles. The number of aromatic nitrogens is 2. The summed E-state index contributed by atoms with van der Waals surface area (Å²) in [6.45, 7) is 3.71. The van der Waals surface area contributed by atoms with Gasteiger partial charge in [0.2, 0.25) is 5.91 Å². The van der Waals surface area contributed by atoms with Crippen LogP contribution in [0, 0.1) is 12.8 Å². The number of rotatable bonds is 3. The first-order chi connectivity index (χ1) is 10.6. The molecule has 1 atom stereocenters. The zero-order chi connectivity index (χ0) is 15.5. The van der Waals surface area contributed by atoms with Gasteiger partial charge >= 0.3 is 0 Å². The Morgan fingerprint density at radius 3 is 2.77 bits per heavy atom. The summed E-state index contributed by atoms with van der Waals surface area (Å²) in [6, 6.07) is 2.18. The summed E-state index contributed by atoms with van der Waals surface area (Å²) < 4.78 is 0. The molecular weight excluding hydrogens is 282 g/mol. The van der Waals surface area contributed by atoms with Crippen molar-refractivity contribution in [3.63, 3.8) is 0 Å². The van der Waals surface area contributed by atoms with Crippen molar-refractivity contribution < 1.29 is 9.59 Å². The van der Waals surface area contributed by atoms with Crippen LogP contribution in [0.3, 0.4) is 0 Å². The third kappa shape index (κ3) is 3.24. The van der Waals surface area contributed by atoms with Crippen LogP contribution >= 0.6 is 0 Å². The van der Waals surface area contributed by atoms with Crippen molar-refractivity contribution in [1.29, 1.82) is 0 Å². The number of nitrogens with zero attached hydrogens (tertiary/aromatic N) is 3. The van der Waals surface area contributed by atoms with Crippen molar-refractivity contribution in [2.45, 2.75) is 25.8 Å². The Kier molecular flexibility index (Phi) is 4.04. The third-order valence-corrected chi connectivity index (χ3v) is 3.97. The summed E-state index contributed by atoms with van der Waals surface area (Å²) in [5, 5.41) is 10.2. The standard InChI is InChI=1S/C15H19N5O2/c1-10-8-13(19-18-10)20-6-4-12(5-7-20)17-15(22)11-2-3-14(21)16-9-11/h2-3,8-9,11-12H,4-7H2,1H3,(H,17,22)(H,18,19). The number of hydrogen-bond acceptors (Lipinski definition) is 4. The summed E-state index contributed by atoms with van der Waals surface area (Å²) in [5.41, 5.74) is 1.04. The predicted molar refractivity (Wildman–Crippen MR) is 82.8 cm³/mol. The SMILES string of the molecule is Cc1cc(N2CCC(NC(=O)C3C=CC(=O)N=C3)CC2)n[nH]1. The molecule has 1 unspecified atom stereocenters. The normalized spacial score (nSPS) is 22.1. The Labute approximate surface area is 128 Å². The van der Waals surface area contributed by atoms with Crippen molar-refractivity contribution >= 4 is 23.8 Å². The fourth-order valence-corrected chi connectivity index (χ4v) is 2.70. The van der Waals surface area contributed by atoms with E-state index in [-0.39, 0.29) is 17.9 Å². The number of hydrogen-bond donors (Lipinski definition) is 2. The molecule has 3 heterocycles. The summed E-state index contributed by atoms with van der Waals surface area (Å²) >= 11 is 0. The van der Waals surface area contributed by atoms with Gasteiger partial charge in [-0.2, -0.15) is 5.10 Å². The number of aryl methyl sites for hydroxylation is 1. The van der Waals surface area contributed by atoms with E-state index in [1.165, 1.54) is 12.3 Å².